The van der Waals surface area contributed by atoms with Gasteiger partial charge in [0.15, 0.2) is 5.78 Å². The molecular formula is C8H17NO3S. The third-order valence-corrected chi connectivity index (χ3v) is 1.66. The van der Waals surface area contributed by atoms with Crippen molar-refractivity contribution in [3.63, 3.8) is 0 Å². The van der Waals surface area contributed by atoms with Gasteiger partial charge in [0, 0.05) is 6.54 Å². The number of hydrogen-bond acceptors (Lipinski definition) is 5. The molecule has 5 heteroatoms. The molecule has 0 fully saturated rings. The fourth-order valence-corrected chi connectivity index (χ4v) is 0.939. The van der Waals surface area contributed by atoms with Gasteiger partial charge in [-0.2, -0.15) is 0 Å². The van der Waals surface area contributed by atoms with Gasteiger partial charge in [-0.05, 0) is 13.2 Å². The van der Waals surface area contributed by atoms with Crippen LogP contribution in [-0.4, -0.2) is 45.0 Å². The maximum absolute atomic E-state index is 10.4. The number of rotatable bonds is 9. The molecule has 0 heterocycles. The second-order valence-corrected chi connectivity index (χ2v) is 3.16. The molecule has 0 amide bonds. The molecular weight excluding hydrogens is 190 g/mol. The van der Waals surface area contributed by atoms with Crippen molar-refractivity contribution >= 4 is 17.7 Å². The lowest BCUT2D eigenvalue weighted by molar-refractivity contribution is -0.121. The normalized spacial score (nSPS) is 10.3. The van der Waals surface area contributed by atoms with E-state index in [1.165, 1.54) is 6.92 Å². The molecule has 0 aliphatic carbocycles. The summed E-state index contributed by atoms with van der Waals surface area (Å²) in [4.78, 5) is 10.4. The molecule has 0 aromatic carbocycles. The van der Waals surface area contributed by atoms with Crippen molar-refractivity contribution in [1.29, 1.82) is 0 Å². The van der Waals surface area contributed by atoms with Crippen molar-refractivity contribution in [2.75, 3.05) is 39.2 Å². The van der Waals surface area contributed by atoms with E-state index in [1.807, 2.05) is 6.26 Å². The van der Waals surface area contributed by atoms with Crippen molar-refractivity contribution in [1.82, 2.24) is 4.72 Å². The van der Waals surface area contributed by atoms with E-state index in [9.17, 15) is 4.79 Å². The second kappa shape index (κ2) is 9.98. The molecule has 1 N–H and O–H groups in total. The van der Waals surface area contributed by atoms with E-state index in [1.54, 1.807) is 11.9 Å². The maximum Gasteiger partial charge on any atom is 0.155 e. The van der Waals surface area contributed by atoms with Gasteiger partial charge < -0.3 is 9.47 Å². The number of hydrogen-bond donors (Lipinski definition) is 1. The topological polar surface area (TPSA) is 47.6 Å². The Morgan fingerprint density at radius 3 is 2.62 bits per heavy atom. The highest BCUT2D eigenvalue weighted by atomic mass is 32.2. The molecule has 0 bridgehead atoms. The molecule has 0 aromatic heterocycles. The lowest BCUT2D eigenvalue weighted by Crippen LogP contribution is -2.15. The van der Waals surface area contributed by atoms with Crippen LogP contribution < -0.4 is 4.72 Å². The molecule has 0 aliphatic heterocycles. The van der Waals surface area contributed by atoms with Crippen LogP contribution in [0.5, 0.6) is 0 Å². The summed E-state index contributed by atoms with van der Waals surface area (Å²) in [6.07, 6.45) is 1.97. The Labute approximate surface area is 83.5 Å². The van der Waals surface area contributed by atoms with Gasteiger partial charge in [0.25, 0.3) is 0 Å². The van der Waals surface area contributed by atoms with Crippen LogP contribution in [0.3, 0.4) is 0 Å². The van der Waals surface area contributed by atoms with Crippen LogP contribution in [0.4, 0.5) is 0 Å². The molecule has 4 nitrogen and oxygen atoms in total. The first-order valence-corrected chi connectivity index (χ1v) is 5.40. The van der Waals surface area contributed by atoms with Crippen LogP contribution in [0.1, 0.15) is 6.92 Å². The van der Waals surface area contributed by atoms with Crippen molar-refractivity contribution in [3.05, 3.63) is 0 Å². The summed E-state index contributed by atoms with van der Waals surface area (Å²) in [7, 11) is 0. The van der Waals surface area contributed by atoms with Crippen LogP contribution in [-0.2, 0) is 14.3 Å². The lowest BCUT2D eigenvalue weighted by Gasteiger charge is -2.04. The highest BCUT2D eigenvalue weighted by Gasteiger charge is 1.92. The minimum atomic E-state index is 0.0454. The van der Waals surface area contributed by atoms with Crippen molar-refractivity contribution < 1.29 is 14.3 Å². The minimum absolute atomic E-state index is 0.0454. The summed E-state index contributed by atoms with van der Waals surface area (Å²) in [5.41, 5.74) is 0. The predicted octanol–water partition coefficient (Wildman–Crippen LogP) is 0.476. The average Bonchev–Trinajstić information content (AvgIpc) is 2.09. The Morgan fingerprint density at radius 1 is 1.31 bits per heavy atom. The van der Waals surface area contributed by atoms with Crippen molar-refractivity contribution in [2.45, 2.75) is 6.92 Å². The van der Waals surface area contributed by atoms with Crippen LogP contribution in [0.25, 0.3) is 0 Å². The number of nitrogens with one attached hydrogen (secondary N) is 1. The first-order valence-electron chi connectivity index (χ1n) is 4.18. The largest absolute Gasteiger partial charge is 0.378 e. The van der Waals surface area contributed by atoms with Crippen molar-refractivity contribution in [3.8, 4) is 0 Å². The zero-order chi connectivity index (χ0) is 9.94. The zero-order valence-electron chi connectivity index (χ0n) is 8.17. The van der Waals surface area contributed by atoms with E-state index in [2.05, 4.69) is 4.72 Å². The van der Waals surface area contributed by atoms with Gasteiger partial charge in [-0.15, -0.1) is 0 Å². The van der Waals surface area contributed by atoms with Gasteiger partial charge in [-0.1, -0.05) is 11.9 Å². The van der Waals surface area contributed by atoms with E-state index in [4.69, 9.17) is 9.47 Å². The number of ether oxygens (including phenoxy) is 2. The number of carbonyl (C=O) groups excluding carboxylic acids is 1. The SMILES string of the molecule is CSNCCOCCOCC(C)=O. The Kier molecular flexibility index (Phi) is 9.91. The van der Waals surface area contributed by atoms with E-state index in [0.717, 1.165) is 6.54 Å². The second-order valence-electron chi connectivity index (χ2n) is 2.47. The molecule has 0 rings (SSSR count). The van der Waals surface area contributed by atoms with Crippen LogP contribution in [0.2, 0.25) is 0 Å². The van der Waals surface area contributed by atoms with Gasteiger partial charge in [-0.25, -0.2) is 0 Å². The molecule has 0 radical (unpaired) electrons. The highest BCUT2D eigenvalue weighted by Crippen LogP contribution is 1.82. The Bertz CT molecular complexity index is 133. The quantitative estimate of drug-likeness (QED) is 0.440. The van der Waals surface area contributed by atoms with Crippen LogP contribution in [0, 0.1) is 0 Å². The fourth-order valence-electron chi connectivity index (χ4n) is 0.652. The summed E-state index contributed by atoms with van der Waals surface area (Å²) < 4.78 is 13.3. The highest BCUT2D eigenvalue weighted by molar-refractivity contribution is 7.96. The van der Waals surface area contributed by atoms with E-state index in [-0.39, 0.29) is 12.4 Å². The predicted molar refractivity (Wildman–Crippen MR) is 53.8 cm³/mol. The molecule has 0 atom stereocenters. The van der Waals surface area contributed by atoms with E-state index >= 15 is 0 Å². The molecule has 13 heavy (non-hydrogen) atoms. The number of ketones is 1. The zero-order valence-corrected chi connectivity index (χ0v) is 8.99. The maximum atomic E-state index is 10.4. The van der Waals surface area contributed by atoms with Gasteiger partial charge in [0.2, 0.25) is 0 Å². The molecule has 0 saturated heterocycles. The first-order chi connectivity index (χ1) is 6.27. The van der Waals surface area contributed by atoms with Crippen LogP contribution >= 0.6 is 11.9 Å². The average molecular weight is 207 g/mol. The third-order valence-electron chi connectivity index (χ3n) is 1.17. The van der Waals surface area contributed by atoms with Crippen LogP contribution in [0.15, 0.2) is 0 Å². The Hall–Kier alpha value is -0.100. The Balaban J connectivity index is 2.87. The summed E-state index contributed by atoms with van der Waals surface area (Å²) in [5.74, 6) is 0.0454. The summed E-state index contributed by atoms with van der Waals surface area (Å²) >= 11 is 1.57. The summed E-state index contributed by atoms with van der Waals surface area (Å²) in [6, 6.07) is 0. The van der Waals surface area contributed by atoms with Crippen molar-refractivity contribution in [2.24, 2.45) is 0 Å². The van der Waals surface area contributed by atoms with Gasteiger partial charge in [0.05, 0.1) is 19.8 Å². The number of Topliss-reactive ketones (excluding diaryl/α,β-unsaturated/α-hetero) is 1. The Morgan fingerprint density at radius 2 is 2.00 bits per heavy atom. The van der Waals surface area contributed by atoms with E-state index < -0.39 is 0 Å². The number of carbonyl (C=O) groups is 1. The van der Waals surface area contributed by atoms with Gasteiger partial charge in [-0.3, -0.25) is 9.52 Å². The smallest absolute Gasteiger partial charge is 0.155 e. The fraction of sp³-hybridized carbons (Fsp3) is 0.875. The summed E-state index contributed by atoms with van der Waals surface area (Å²) in [6.45, 7) is 4.22. The third kappa shape index (κ3) is 11.9. The molecule has 0 unspecified atom stereocenters. The summed E-state index contributed by atoms with van der Waals surface area (Å²) in [5, 5.41) is 0. The molecule has 78 valence electrons. The molecule has 0 saturated carbocycles. The van der Waals surface area contributed by atoms with Gasteiger partial charge in [0.1, 0.15) is 6.61 Å². The van der Waals surface area contributed by atoms with Gasteiger partial charge >= 0.3 is 0 Å². The monoisotopic (exact) mass is 207 g/mol. The molecule has 0 spiro atoms. The lowest BCUT2D eigenvalue weighted by atomic mass is 10.5. The molecule has 0 aromatic rings. The standard InChI is InChI=1S/C8H17NO3S/c1-8(10)7-12-6-5-11-4-3-9-13-2/h9H,3-7H2,1-2H3. The first kappa shape index (κ1) is 12.9. The van der Waals surface area contributed by atoms with E-state index in [0.29, 0.717) is 19.8 Å². The molecule has 0 aliphatic rings. The minimum Gasteiger partial charge on any atom is -0.378 e.